The van der Waals surface area contributed by atoms with Crippen LogP contribution in [0.2, 0.25) is 0 Å². The number of nitrogens with one attached hydrogen (secondary N) is 2. The second-order valence-electron chi connectivity index (χ2n) is 7.50. The number of fused-ring (bicyclic) bond motifs is 1. The second kappa shape index (κ2) is 10.9. The highest BCUT2D eigenvalue weighted by atomic mass is 32.1. The van der Waals surface area contributed by atoms with Crippen LogP contribution in [0.1, 0.15) is 23.1 Å². The van der Waals surface area contributed by atoms with E-state index in [0.717, 1.165) is 22.9 Å². The highest BCUT2D eigenvalue weighted by Crippen LogP contribution is 2.19. The summed E-state index contributed by atoms with van der Waals surface area (Å²) >= 11 is 5.67. The number of thiocarbonyl (C=S) groups is 1. The molecule has 0 unspecified atom stereocenters. The van der Waals surface area contributed by atoms with Crippen LogP contribution in [0, 0.1) is 6.92 Å². The van der Waals surface area contributed by atoms with Crippen molar-refractivity contribution in [2.45, 2.75) is 26.4 Å². The lowest BCUT2D eigenvalue weighted by Gasteiger charge is -2.26. The van der Waals surface area contributed by atoms with Crippen molar-refractivity contribution in [1.82, 2.24) is 15.2 Å². The molecule has 0 radical (unpaired) electrons. The van der Waals surface area contributed by atoms with Gasteiger partial charge in [-0.25, -0.2) is 0 Å². The Labute approximate surface area is 188 Å². The third kappa shape index (κ3) is 6.29. The van der Waals surface area contributed by atoms with E-state index < -0.39 is 0 Å². The number of methoxy groups -OCH3 is 2. The molecule has 2 N–H and O–H groups in total. The maximum Gasteiger partial charge on any atom is 0.253 e. The highest BCUT2D eigenvalue weighted by molar-refractivity contribution is 7.80. The van der Waals surface area contributed by atoms with Gasteiger partial charge < -0.3 is 24.7 Å². The van der Waals surface area contributed by atoms with Crippen LogP contribution in [-0.4, -0.2) is 42.4 Å². The fourth-order valence-corrected chi connectivity index (χ4v) is 3.54. The molecule has 0 saturated heterocycles. The molecule has 0 fully saturated rings. The molecule has 164 valence electrons. The smallest absolute Gasteiger partial charge is 0.253 e. The molecule has 1 aromatic heterocycles. The number of rotatable bonds is 9. The quantitative estimate of drug-likeness (QED) is 0.391. The number of H-pyrrole nitrogens is 1. The van der Waals surface area contributed by atoms with Crippen LogP contribution in [0.3, 0.4) is 0 Å². The molecule has 7 heteroatoms. The largest absolute Gasteiger partial charge is 0.497 e. The van der Waals surface area contributed by atoms with Gasteiger partial charge in [0.15, 0.2) is 5.11 Å². The molecule has 0 atom stereocenters. The number of nitrogens with zero attached hydrogens (tertiary/aromatic N) is 1. The normalized spacial score (nSPS) is 10.8. The lowest BCUT2D eigenvalue weighted by Crippen LogP contribution is -2.40. The molecule has 2 aromatic carbocycles. The van der Waals surface area contributed by atoms with Crippen molar-refractivity contribution in [1.29, 1.82) is 0 Å². The first-order valence-electron chi connectivity index (χ1n) is 10.3. The Bertz CT molecular complexity index is 1080. The highest BCUT2D eigenvalue weighted by Gasteiger charge is 2.14. The lowest BCUT2D eigenvalue weighted by atomic mass is 10.1. The van der Waals surface area contributed by atoms with E-state index >= 15 is 0 Å². The molecule has 0 aliphatic rings. The minimum Gasteiger partial charge on any atom is -0.497 e. The molecule has 0 bridgehead atoms. The van der Waals surface area contributed by atoms with E-state index in [1.54, 1.807) is 14.2 Å². The van der Waals surface area contributed by atoms with Crippen LogP contribution in [0.15, 0.2) is 53.3 Å². The van der Waals surface area contributed by atoms with Gasteiger partial charge in [0.1, 0.15) is 5.75 Å². The number of benzene rings is 2. The Morgan fingerprint density at radius 1 is 1.10 bits per heavy atom. The third-order valence-corrected chi connectivity index (χ3v) is 5.48. The molecule has 3 aromatic rings. The molecule has 0 amide bonds. The van der Waals surface area contributed by atoms with E-state index in [9.17, 15) is 4.79 Å². The molecular weight excluding hydrogens is 410 g/mol. The van der Waals surface area contributed by atoms with E-state index in [0.29, 0.717) is 42.7 Å². The van der Waals surface area contributed by atoms with Gasteiger partial charge in [-0.05, 0) is 54.7 Å². The first-order chi connectivity index (χ1) is 15.0. The number of aryl methyl sites for hydroxylation is 1. The van der Waals surface area contributed by atoms with Gasteiger partial charge >= 0.3 is 0 Å². The van der Waals surface area contributed by atoms with Gasteiger partial charge in [-0.3, -0.25) is 4.79 Å². The Morgan fingerprint density at radius 2 is 1.87 bits per heavy atom. The molecule has 0 aliphatic carbocycles. The van der Waals surface area contributed by atoms with Crippen molar-refractivity contribution in [3.63, 3.8) is 0 Å². The second-order valence-corrected chi connectivity index (χ2v) is 7.88. The van der Waals surface area contributed by atoms with E-state index in [-0.39, 0.29) is 5.56 Å². The number of ether oxygens (including phenoxy) is 2. The van der Waals surface area contributed by atoms with Gasteiger partial charge in [0.2, 0.25) is 0 Å². The Kier molecular flexibility index (Phi) is 8.03. The molecule has 6 nitrogen and oxygen atoms in total. The molecule has 1 heterocycles. The van der Waals surface area contributed by atoms with Crippen molar-refractivity contribution >= 4 is 28.2 Å². The van der Waals surface area contributed by atoms with Crippen LogP contribution in [0.5, 0.6) is 5.75 Å². The van der Waals surface area contributed by atoms with Gasteiger partial charge in [-0.15, -0.1) is 0 Å². The lowest BCUT2D eigenvalue weighted by molar-refractivity contribution is 0.195. The zero-order valence-corrected chi connectivity index (χ0v) is 19.1. The molecule has 0 aliphatic heterocycles. The van der Waals surface area contributed by atoms with Gasteiger partial charge in [0.05, 0.1) is 19.2 Å². The van der Waals surface area contributed by atoms with Crippen molar-refractivity contribution < 1.29 is 9.47 Å². The van der Waals surface area contributed by atoms with Crippen LogP contribution in [0.4, 0.5) is 0 Å². The van der Waals surface area contributed by atoms with E-state index in [2.05, 4.69) is 41.5 Å². The molecule has 0 spiro atoms. The summed E-state index contributed by atoms with van der Waals surface area (Å²) in [6.07, 6.45) is 0.855. The SMILES string of the molecule is COCCCNC(=S)N(Cc1ccc(C)cc1)Cc1cc2ccc(OC)cc2[nH]c1=O. The summed E-state index contributed by atoms with van der Waals surface area (Å²) in [6.45, 7) is 4.46. The van der Waals surface area contributed by atoms with Gasteiger partial charge in [-0.1, -0.05) is 29.8 Å². The average molecular weight is 440 g/mol. The van der Waals surface area contributed by atoms with E-state index in [1.165, 1.54) is 5.56 Å². The summed E-state index contributed by atoms with van der Waals surface area (Å²) in [4.78, 5) is 17.8. The fraction of sp³-hybridized carbons (Fsp3) is 0.333. The summed E-state index contributed by atoms with van der Waals surface area (Å²) < 4.78 is 10.4. The van der Waals surface area contributed by atoms with Gasteiger partial charge in [0.25, 0.3) is 5.56 Å². The summed E-state index contributed by atoms with van der Waals surface area (Å²) in [5.41, 5.74) is 3.62. The number of aromatic amines is 1. The fourth-order valence-electron chi connectivity index (χ4n) is 3.31. The summed E-state index contributed by atoms with van der Waals surface area (Å²) in [6, 6.07) is 15.9. The number of hydrogen-bond donors (Lipinski definition) is 2. The van der Waals surface area contributed by atoms with E-state index in [1.807, 2.05) is 29.2 Å². The maximum atomic E-state index is 12.8. The van der Waals surface area contributed by atoms with Crippen LogP contribution >= 0.6 is 12.2 Å². The number of pyridine rings is 1. The first kappa shape index (κ1) is 22.8. The van der Waals surface area contributed by atoms with E-state index in [4.69, 9.17) is 21.7 Å². The average Bonchev–Trinajstić information content (AvgIpc) is 2.77. The van der Waals surface area contributed by atoms with Crippen LogP contribution in [0.25, 0.3) is 10.9 Å². The monoisotopic (exact) mass is 439 g/mol. The number of aromatic nitrogens is 1. The standard InChI is InChI=1S/C24H29N3O3S/c1-17-5-7-18(8-6-17)15-27(24(31)25-11-4-12-29-2)16-20-13-19-9-10-21(30-3)14-22(19)26-23(20)28/h5-10,13-14H,4,11-12,15-16H2,1-3H3,(H,25,31)(H,26,28). The summed E-state index contributed by atoms with van der Waals surface area (Å²) in [5.74, 6) is 0.707. The maximum absolute atomic E-state index is 12.8. The molecule has 0 saturated carbocycles. The zero-order valence-electron chi connectivity index (χ0n) is 18.2. The minimum atomic E-state index is -0.128. The number of hydrogen-bond acceptors (Lipinski definition) is 4. The third-order valence-electron chi connectivity index (χ3n) is 5.07. The Hall–Kier alpha value is -2.90. The molecule has 3 rings (SSSR count). The Morgan fingerprint density at radius 3 is 2.58 bits per heavy atom. The summed E-state index contributed by atoms with van der Waals surface area (Å²) in [7, 11) is 3.29. The first-order valence-corrected chi connectivity index (χ1v) is 10.7. The summed E-state index contributed by atoms with van der Waals surface area (Å²) in [5, 5.41) is 4.86. The van der Waals surface area contributed by atoms with Crippen molar-refractivity contribution in [2.75, 3.05) is 27.4 Å². The van der Waals surface area contributed by atoms with Crippen LogP contribution < -0.4 is 15.6 Å². The topological polar surface area (TPSA) is 66.6 Å². The predicted molar refractivity (Wildman–Crippen MR) is 129 cm³/mol. The van der Waals surface area contributed by atoms with Crippen molar-refractivity contribution in [2.24, 2.45) is 0 Å². The van der Waals surface area contributed by atoms with Crippen molar-refractivity contribution in [3.05, 3.63) is 75.6 Å². The van der Waals surface area contributed by atoms with Gasteiger partial charge in [0, 0.05) is 38.4 Å². The van der Waals surface area contributed by atoms with Gasteiger partial charge in [-0.2, -0.15) is 0 Å². The zero-order chi connectivity index (χ0) is 22.2. The molecule has 31 heavy (non-hydrogen) atoms. The van der Waals surface area contributed by atoms with Crippen LogP contribution in [-0.2, 0) is 17.8 Å². The minimum absolute atomic E-state index is 0.128. The molecular formula is C24H29N3O3S. The Balaban J connectivity index is 1.84. The van der Waals surface area contributed by atoms with Crippen molar-refractivity contribution in [3.8, 4) is 5.75 Å². The predicted octanol–water partition coefficient (Wildman–Crippen LogP) is 3.76.